The zero-order chi connectivity index (χ0) is 18.9. The molecule has 1 aromatic rings. The zero-order valence-electron chi connectivity index (χ0n) is 16.2. The molecular weight excluding hydrogens is 316 g/mol. The summed E-state index contributed by atoms with van der Waals surface area (Å²) in [5.74, 6) is 0.665. The highest BCUT2D eigenvalue weighted by Gasteiger charge is 2.15. The second-order valence-electron chi connectivity index (χ2n) is 6.72. The highest BCUT2D eigenvalue weighted by molar-refractivity contribution is 5.97. The fraction of sp³-hybridized carbons (Fsp3) is 0.579. The van der Waals surface area contributed by atoms with Crippen LogP contribution in [0.1, 0.15) is 48.0 Å². The Morgan fingerprint density at radius 1 is 1.40 bits per heavy atom. The highest BCUT2D eigenvalue weighted by atomic mass is 16.5. The predicted molar refractivity (Wildman–Crippen MR) is 102 cm³/mol. The van der Waals surface area contributed by atoms with E-state index in [4.69, 9.17) is 9.73 Å². The SMILES string of the molecule is CCOC(=O)/C=C/C(C)(C)CN=C(/N=C(/C)C(C)CC)n1ccnc1. The van der Waals surface area contributed by atoms with Crippen LogP contribution in [0.25, 0.3) is 0 Å². The number of ether oxygens (including phenoxy) is 1. The van der Waals surface area contributed by atoms with E-state index in [0.717, 1.165) is 12.1 Å². The maximum absolute atomic E-state index is 11.5. The smallest absolute Gasteiger partial charge is 0.330 e. The van der Waals surface area contributed by atoms with Gasteiger partial charge in [0.15, 0.2) is 0 Å². The molecule has 0 radical (unpaired) electrons. The van der Waals surface area contributed by atoms with Crippen LogP contribution in [0.4, 0.5) is 0 Å². The molecule has 6 heteroatoms. The minimum Gasteiger partial charge on any atom is -0.463 e. The third-order valence-electron chi connectivity index (χ3n) is 3.92. The van der Waals surface area contributed by atoms with Crippen LogP contribution < -0.4 is 0 Å². The largest absolute Gasteiger partial charge is 0.463 e. The summed E-state index contributed by atoms with van der Waals surface area (Å²) in [6.45, 7) is 13.0. The predicted octanol–water partition coefficient (Wildman–Crippen LogP) is 3.74. The number of esters is 1. The number of imidazole rings is 1. The van der Waals surface area contributed by atoms with Gasteiger partial charge < -0.3 is 4.74 Å². The van der Waals surface area contributed by atoms with Crippen molar-refractivity contribution in [1.29, 1.82) is 0 Å². The summed E-state index contributed by atoms with van der Waals surface area (Å²) in [5, 5.41) is 0. The van der Waals surface area contributed by atoms with Crippen molar-refractivity contribution in [3.63, 3.8) is 0 Å². The topological polar surface area (TPSA) is 68.8 Å². The first-order chi connectivity index (χ1) is 11.8. The number of aromatic nitrogens is 2. The van der Waals surface area contributed by atoms with Crippen LogP contribution in [0.3, 0.4) is 0 Å². The molecule has 1 heterocycles. The van der Waals surface area contributed by atoms with Gasteiger partial charge in [0.05, 0.1) is 13.2 Å². The fourth-order valence-corrected chi connectivity index (χ4v) is 1.93. The van der Waals surface area contributed by atoms with Gasteiger partial charge in [-0.05, 0) is 26.2 Å². The van der Waals surface area contributed by atoms with Crippen LogP contribution in [0.5, 0.6) is 0 Å². The van der Waals surface area contributed by atoms with Crippen LogP contribution in [0.2, 0.25) is 0 Å². The molecule has 0 bridgehead atoms. The molecule has 1 atom stereocenters. The third kappa shape index (κ3) is 7.45. The lowest BCUT2D eigenvalue weighted by atomic mass is 9.93. The lowest BCUT2D eigenvalue weighted by Gasteiger charge is -2.18. The average Bonchev–Trinajstić information content (AvgIpc) is 3.10. The third-order valence-corrected chi connectivity index (χ3v) is 3.92. The first kappa shape index (κ1) is 20.8. The van der Waals surface area contributed by atoms with Crippen molar-refractivity contribution in [3.8, 4) is 0 Å². The summed E-state index contributed by atoms with van der Waals surface area (Å²) in [6, 6.07) is 0. The van der Waals surface area contributed by atoms with Crippen molar-refractivity contribution in [1.82, 2.24) is 9.55 Å². The Bertz CT molecular complexity index is 628. The summed E-state index contributed by atoms with van der Waals surface area (Å²) in [6.07, 6.45) is 9.53. The molecule has 138 valence electrons. The van der Waals surface area contributed by atoms with Gasteiger partial charge in [-0.25, -0.2) is 19.8 Å². The Balaban J connectivity index is 2.97. The summed E-state index contributed by atoms with van der Waals surface area (Å²) in [4.78, 5) is 24.9. The van der Waals surface area contributed by atoms with Gasteiger partial charge in [0.1, 0.15) is 6.33 Å². The molecule has 0 aliphatic carbocycles. The van der Waals surface area contributed by atoms with E-state index in [0.29, 0.717) is 25.0 Å². The lowest BCUT2D eigenvalue weighted by molar-refractivity contribution is -0.137. The van der Waals surface area contributed by atoms with Crippen molar-refractivity contribution >= 4 is 17.6 Å². The van der Waals surface area contributed by atoms with Gasteiger partial charge in [-0.2, -0.15) is 0 Å². The quantitative estimate of drug-likeness (QED) is 0.327. The van der Waals surface area contributed by atoms with E-state index in [1.807, 2.05) is 33.0 Å². The van der Waals surface area contributed by atoms with Crippen molar-refractivity contribution < 1.29 is 9.53 Å². The molecule has 25 heavy (non-hydrogen) atoms. The van der Waals surface area contributed by atoms with Gasteiger partial charge in [-0.15, -0.1) is 0 Å². The summed E-state index contributed by atoms with van der Waals surface area (Å²) >= 11 is 0. The molecule has 1 unspecified atom stereocenters. The summed E-state index contributed by atoms with van der Waals surface area (Å²) in [5.41, 5.74) is 0.744. The molecule has 0 aliphatic rings. The standard InChI is InChI=1S/C19H30N4O2/c1-7-15(3)16(4)22-18(23-12-11-20-14-23)21-13-19(5,6)10-9-17(24)25-8-2/h9-12,14-15H,7-8,13H2,1-6H3/b10-9+,21-18?,22-16-. The van der Waals surface area contributed by atoms with Crippen molar-refractivity contribution in [2.24, 2.45) is 21.3 Å². The Morgan fingerprint density at radius 3 is 2.68 bits per heavy atom. The molecule has 1 aromatic heterocycles. The lowest BCUT2D eigenvalue weighted by Crippen LogP contribution is -2.18. The molecule has 0 spiro atoms. The van der Waals surface area contributed by atoms with Crippen LogP contribution in [-0.4, -0.2) is 40.3 Å². The molecule has 0 saturated heterocycles. The number of hydrogen-bond acceptors (Lipinski definition) is 4. The number of nitrogens with zero attached hydrogens (tertiary/aromatic N) is 4. The molecule has 6 nitrogen and oxygen atoms in total. The molecule has 0 N–H and O–H groups in total. The van der Waals surface area contributed by atoms with Crippen LogP contribution in [0, 0.1) is 11.3 Å². The van der Waals surface area contributed by atoms with E-state index in [9.17, 15) is 4.79 Å². The van der Waals surface area contributed by atoms with Crippen molar-refractivity contribution in [2.45, 2.75) is 48.0 Å². The Labute approximate surface area is 150 Å². The van der Waals surface area contributed by atoms with Crippen molar-refractivity contribution in [2.75, 3.05) is 13.2 Å². The van der Waals surface area contributed by atoms with Gasteiger partial charge in [0.25, 0.3) is 0 Å². The first-order valence-corrected chi connectivity index (χ1v) is 8.73. The number of rotatable bonds is 7. The number of aliphatic imine (C=N–C) groups is 2. The van der Waals surface area contributed by atoms with E-state index in [1.54, 1.807) is 24.0 Å². The Hall–Kier alpha value is -2.24. The molecule has 0 aromatic carbocycles. The molecule has 1 rings (SSSR count). The highest BCUT2D eigenvalue weighted by Crippen LogP contribution is 2.18. The number of carbonyl (C=O) groups excluding carboxylic acids is 1. The van der Waals surface area contributed by atoms with Crippen molar-refractivity contribution in [3.05, 3.63) is 30.9 Å². The van der Waals surface area contributed by atoms with Crippen LogP contribution in [-0.2, 0) is 9.53 Å². The number of hydrogen-bond donors (Lipinski definition) is 0. The van der Waals surface area contributed by atoms with Gasteiger partial charge >= 0.3 is 5.97 Å². The first-order valence-electron chi connectivity index (χ1n) is 8.73. The molecule has 0 amide bonds. The second-order valence-corrected chi connectivity index (χ2v) is 6.72. The maximum atomic E-state index is 11.5. The number of carbonyl (C=O) groups is 1. The normalized spacial score (nSPS) is 14.8. The maximum Gasteiger partial charge on any atom is 0.330 e. The molecule has 0 aliphatic heterocycles. The monoisotopic (exact) mass is 346 g/mol. The minimum atomic E-state index is -0.333. The fourth-order valence-electron chi connectivity index (χ4n) is 1.93. The van der Waals surface area contributed by atoms with Gasteiger partial charge in [-0.1, -0.05) is 33.8 Å². The summed E-state index contributed by atoms with van der Waals surface area (Å²) in [7, 11) is 0. The van der Waals surface area contributed by atoms with Crippen LogP contribution >= 0.6 is 0 Å². The van der Waals surface area contributed by atoms with E-state index < -0.39 is 0 Å². The molecular formula is C19H30N4O2. The van der Waals surface area contributed by atoms with E-state index in [2.05, 4.69) is 23.8 Å². The summed E-state index contributed by atoms with van der Waals surface area (Å²) < 4.78 is 6.72. The molecule has 0 fully saturated rings. The van der Waals surface area contributed by atoms with E-state index >= 15 is 0 Å². The van der Waals surface area contributed by atoms with E-state index in [-0.39, 0.29) is 11.4 Å². The van der Waals surface area contributed by atoms with Gasteiger partial charge in [0.2, 0.25) is 5.96 Å². The van der Waals surface area contributed by atoms with Crippen LogP contribution in [0.15, 0.2) is 40.9 Å². The van der Waals surface area contributed by atoms with Gasteiger partial charge in [0, 0.05) is 29.6 Å². The Kier molecular flexibility index (Phi) is 8.25. The van der Waals surface area contributed by atoms with E-state index in [1.165, 1.54) is 6.08 Å². The zero-order valence-corrected chi connectivity index (χ0v) is 16.2. The minimum absolute atomic E-state index is 0.293. The molecule has 0 saturated carbocycles. The second kappa shape index (κ2) is 9.91. The van der Waals surface area contributed by atoms with Gasteiger partial charge in [-0.3, -0.25) is 4.57 Å². The average molecular weight is 346 g/mol. The Morgan fingerprint density at radius 2 is 2.12 bits per heavy atom.